The SMILES string of the molecule is C=CCN1C(=O)NC(C)C(Cc2nnc(SCC(=O)Nc3cccc(C)c3)o2)C1=O. The predicted molar refractivity (Wildman–Crippen MR) is 112 cm³/mol. The van der Waals surface area contributed by atoms with Gasteiger partial charge < -0.3 is 15.1 Å². The van der Waals surface area contributed by atoms with Gasteiger partial charge in [-0.3, -0.25) is 14.5 Å². The van der Waals surface area contributed by atoms with Crippen LogP contribution in [0.3, 0.4) is 0 Å². The number of hydrogen-bond acceptors (Lipinski definition) is 7. The van der Waals surface area contributed by atoms with Gasteiger partial charge in [-0.1, -0.05) is 30.0 Å². The summed E-state index contributed by atoms with van der Waals surface area (Å²) in [6.07, 6.45) is 1.69. The molecule has 0 radical (unpaired) electrons. The number of carbonyl (C=O) groups excluding carboxylic acids is 3. The van der Waals surface area contributed by atoms with E-state index in [1.54, 1.807) is 6.92 Å². The molecule has 1 fully saturated rings. The van der Waals surface area contributed by atoms with Crippen molar-refractivity contribution in [2.24, 2.45) is 5.92 Å². The molecule has 2 aromatic rings. The van der Waals surface area contributed by atoms with Gasteiger partial charge in [0.15, 0.2) is 0 Å². The Morgan fingerprint density at radius 3 is 2.93 bits per heavy atom. The molecule has 3 rings (SSSR count). The number of aromatic nitrogens is 2. The van der Waals surface area contributed by atoms with Crippen molar-refractivity contribution in [3.05, 3.63) is 48.4 Å². The predicted octanol–water partition coefficient (Wildman–Crippen LogP) is 2.39. The molecule has 1 aliphatic rings. The fourth-order valence-corrected chi connectivity index (χ4v) is 3.65. The smallest absolute Gasteiger partial charge is 0.324 e. The molecule has 2 atom stereocenters. The van der Waals surface area contributed by atoms with Crippen LogP contribution in [0.5, 0.6) is 0 Å². The average molecular weight is 430 g/mol. The Labute approximate surface area is 178 Å². The van der Waals surface area contributed by atoms with Gasteiger partial charge in [-0.15, -0.1) is 16.8 Å². The lowest BCUT2D eigenvalue weighted by Crippen LogP contribution is -2.59. The van der Waals surface area contributed by atoms with Crippen LogP contribution in [0.25, 0.3) is 0 Å². The van der Waals surface area contributed by atoms with E-state index in [0.29, 0.717) is 0 Å². The van der Waals surface area contributed by atoms with Crippen molar-refractivity contribution in [2.75, 3.05) is 17.6 Å². The topological polar surface area (TPSA) is 117 Å². The minimum atomic E-state index is -0.523. The first-order chi connectivity index (χ1) is 14.4. The fourth-order valence-electron chi connectivity index (χ4n) is 3.07. The second-order valence-electron chi connectivity index (χ2n) is 6.95. The van der Waals surface area contributed by atoms with Crippen molar-refractivity contribution in [3.63, 3.8) is 0 Å². The van der Waals surface area contributed by atoms with Gasteiger partial charge in [-0.25, -0.2) is 4.79 Å². The number of rotatable bonds is 8. The van der Waals surface area contributed by atoms with Gasteiger partial charge in [0, 0.05) is 24.7 Å². The normalized spacial score (nSPS) is 18.8. The van der Waals surface area contributed by atoms with Gasteiger partial charge >= 0.3 is 6.03 Å². The molecule has 1 aromatic carbocycles. The zero-order valence-electron chi connectivity index (χ0n) is 16.8. The number of imide groups is 1. The number of anilines is 1. The zero-order valence-corrected chi connectivity index (χ0v) is 17.6. The highest BCUT2D eigenvalue weighted by Crippen LogP contribution is 2.22. The lowest BCUT2D eigenvalue weighted by atomic mass is 9.93. The Hall–Kier alpha value is -3.14. The molecular weight excluding hydrogens is 406 g/mol. The molecule has 0 aliphatic carbocycles. The van der Waals surface area contributed by atoms with E-state index in [1.807, 2.05) is 31.2 Å². The maximum absolute atomic E-state index is 12.6. The van der Waals surface area contributed by atoms with E-state index in [1.165, 1.54) is 6.08 Å². The van der Waals surface area contributed by atoms with Crippen LogP contribution >= 0.6 is 11.8 Å². The first-order valence-corrected chi connectivity index (χ1v) is 10.4. The van der Waals surface area contributed by atoms with E-state index >= 15 is 0 Å². The number of benzene rings is 1. The summed E-state index contributed by atoms with van der Waals surface area (Å²) in [6, 6.07) is 6.71. The van der Waals surface area contributed by atoms with Gasteiger partial charge in [0.05, 0.1) is 11.7 Å². The molecule has 30 heavy (non-hydrogen) atoms. The molecule has 1 aliphatic heterocycles. The Kier molecular flexibility index (Phi) is 6.88. The minimum Gasteiger partial charge on any atom is -0.416 e. The van der Waals surface area contributed by atoms with Gasteiger partial charge in [0.1, 0.15) is 0 Å². The van der Waals surface area contributed by atoms with Crippen LogP contribution in [0.15, 0.2) is 46.6 Å². The van der Waals surface area contributed by atoms with Crippen LogP contribution in [0.2, 0.25) is 0 Å². The van der Waals surface area contributed by atoms with Gasteiger partial charge in [0.2, 0.25) is 17.7 Å². The largest absolute Gasteiger partial charge is 0.416 e. The first kappa shape index (κ1) is 21.6. The molecule has 158 valence electrons. The standard InChI is InChI=1S/C20H23N5O4S/c1-4-8-25-18(27)15(13(3)21-19(25)28)10-17-23-24-20(29-17)30-11-16(26)22-14-7-5-6-12(2)9-14/h4-7,9,13,15H,1,8,10-11H2,2-3H3,(H,21,28)(H,22,26). The molecular formula is C20H23N5O4S. The van der Waals surface area contributed by atoms with E-state index in [0.717, 1.165) is 27.9 Å². The molecule has 0 bridgehead atoms. The highest BCUT2D eigenvalue weighted by Gasteiger charge is 2.39. The van der Waals surface area contributed by atoms with E-state index in [9.17, 15) is 14.4 Å². The summed E-state index contributed by atoms with van der Waals surface area (Å²) in [5.74, 6) is -0.639. The van der Waals surface area contributed by atoms with Gasteiger partial charge in [0.25, 0.3) is 5.22 Å². The van der Waals surface area contributed by atoms with Crippen molar-refractivity contribution in [1.82, 2.24) is 20.4 Å². The summed E-state index contributed by atoms with van der Waals surface area (Å²) >= 11 is 1.11. The molecule has 10 heteroatoms. The van der Waals surface area contributed by atoms with Gasteiger partial charge in [-0.2, -0.15) is 0 Å². The Morgan fingerprint density at radius 2 is 2.20 bits per heavy atom. The summed E-state index contributed by atoms with van der Waals surface area (Å²) < 4.78 is 5.58. The Balaban J connectivity index is 1.55. The number of nitrogens with one attached hydrogen (secondary N) is 2. The number of hydrogen-bond donors (Lipinski definition) is 2. The van der Waals surface area contributed by atoms with E-state index in [4.69, 9.17) is 4.42 Å². The van der Waals surface area contributed by atoms with Crippen molar-refractivity contribution >= 4 is 35.3 Å². The second kappa shape index (κ2) is 9.57. The fraction of sp³-hybridized carbons (Fsp3) is 0.350. The third kappa shape index (κ3) is 5.26. The molecule has 0 saturated carbocycles. The lowest BCUT2D eigenvalue weighted by Gasteiger charge is -2.34. The second-order valence-corrected chi connectivity index (χ2v) is 7.88. The highest BCUT2D eigenvalue weighted by molar-refractivity contribution is 7.99. The van der Waals surface area contributed by atoms with Crippen molar-refractivity contribution < 1.29 is 18.8 Å². The quantitative estimate of drug-likeness (QED) is 0.489. The molecule has 1 aromatic heterocycles. The third-order valence-corrected chi connectivity index (χ3v) is 5.38. The molecule has 2 heterocycles. The van der Waals surface area contributed by atoms with E-state index < -0.39 is 11.9 Å². The van der Waals surface area contributed by atoms with Crippen LogP contribution in [0, 0.1) is 12.8 Å². The third-order valence-electron chi connectivity index (χ3n) is 4.57. The first-order valence-electron chi connectivity index (χ1n) is 9.42. The molecule has 2 N–H and O–H groups in total. The Morgan fingerprint density at radius 1 is 1.40 bits per heavy atom. The number of thioether (sulfide) groups is 1. The summed E-state index contributed by atoms with van der Waals surface area (Å²) in [4.78, 5) is 37.8. The van der Waals surface area contributed by atoms with Crippen LogP contribution in [0.4, 0.5) is 10.5 Å². The summed E-state index contributed by atoms with van der Waals surface area (Å²) in [6.45, 7) is 7.41. The zero-order chi connectivity index (χ0) is 21.7. The summed E-state index contributed by atoms with van der Waals surface area (Å²) in [5, 5.41) is 13.7. The maximum atomic E-state index is 12.6. The van der Waals surface area contributed by atoms with Crippen LogP contribution in [0.1, 0.15) is 18.4 Å². The monoisotopic (exact) mass is 429 g/mol. The number of nitrogens with zero attached hydrogens (tertiary/aromatic N) is 3. The number of aryl methyl sites for hydroxylation is 1. The van der Waals surface area contributed by atoms with Crippen LogP contribution < -0.4 is 10.6 Å². The summed E-state index contributed by atoms with van der Waals surface area (Å²) in [7, 11) is 0. The van der Waals surface area contributed by atoms with Crippen LogP contribution in [-0.2, 0) is 16.0 Å². The molecule has 2 unspecified atom stereocenters. The average Bonchev–Trinajstić information content (AvgIpc) is 3.14. The highest BCUT2D eigenvalue weighted by atomic mass is 32.2. The van der Waals surface area contributed by atoms with E-state index in [-0.39, 0.29) is 47.7 Å². The number of amides is 4. The maximum Gasteiger partial charge on any atom is 0.324 e. The molecule has 9 nitrogen and oxygen atoms in total. The van der Waals surface area contributed by atoms with E-state index in [2.05, 4.69) is 27.4 Å². The van der Waals surface area contributed by atoms with Crippen molar-refractivity contribution in [1.29, 1.82) is 0 Å². The number of urea groups is 1. The lowest BCUT2D eigenvalue weighted by molar-refractivity contribution is -0.134. The van der Waals surface area contributed by atoms with Crippen molar-refractivity contribution in [3.8, 4) is 0 Å². The Bertz CT molecular complexity index is 960. The minimum absolute atomic E-state index is 0.109. The number of carbonyl (C=O) groups is 3. The molecule has 0 spiro atoms. The van der Waals surface area contributed by atoms with Crippen LogP contribution in [-0.4, -0.2) is 51.3 Å². The molecule has 1 saturated heterocycles. The summed E-state index contributed by atoms with van der Waals surface area (Å²) in [5.41, 5.74) is 1.78. The molecule has 4 amide bonds. The van der Waals surface area contributed by atoms with Crippen molar-refractivity contribution in [2.45, 2.75) is 31.5 Å². The van der Waals surface area contributed by atoms with Gasteiger partial charge in [-0.05, 0) is 31.5 Å².